The summed E-state index contributed by atoms with van der Waals surface area (Å²) in [7, 11) is 0. The summed E-state index contributed by atoms with van der Waals surface area (Å²) in [6.07, 6.45) is 1.52. The number of piperidine rings is 1. The Bertz CT molecular complexity index is 1340. The summed E-state index contributed by atoms with van der Waals surface area (Å²) < 4.78 is 14.1. The number of nitrogens with one attached hydrogen (secondary N) is 1. The minimum absolute atomic E-state index is 0.0502. The second-order valence-corrected chi connectivity index (χ2v) is 11.2. The second kappa shape index (κ2) is 11.6. The zero-order valence-electron chi connectivity index (χ0n) is 23.1. The third-order valence-corrected chi connectivity index (χ3v) is 7.87. The highest BCUT2D eigenvalue weighted by atomic mass is 19.1. The average molecular weight is 532 g/mol. The molecule has 0 radical (unpaired) electrons. The molecule has 0 spiro atoms. The summed E-state index contributed by atoms with van der Waals surface area (Å²) in [6.45, 7) is 10.9. The third kappa shape index (κ3) is 6.32. The number of anilines is 3. The summed E-state index contributed by atoms with van der Waals surface area (Å²) in [5, 5.41) is 3.96. The molecule has 39 heavy (non-hydrogen) atoms. The van der Waals surface area contributed by atoms with Gasteiger partial charge in [-0.3, -0.25) is 9.59 Å². The fourth-order valence-corrected chi connectivity index (χ4v) is 5.97. The largest absolute Gasteiger partial charge is 0.366 e. The molecule has 1 N–H and O–H groups in total. The van der Waals surface area contributed by atoms with Crippen molar-refractivity contribution in [1.82, 2.24) is 9.88 Å². The quantitative estimate of drug-likeness (QED) is 0.472. The normalized spacial score (nSPS) is 19.8. The first kappa shape index (κ1) is 26.9. The molecule has 3 heterocycles. The number of hydrogen-bond donors (Lipinski definition) is 1. The summed E-state index contributed by atoms with van der Waals surface area (Å²) >= 11 is 0. The van der Waals surface area contributed by atoms with E-state index in [4.69, 9.17) is 4.98 Å². The van der Waals surface area contributed by atoms with Crippen LogP contribution in [-0.4, -0.2) is 61.0 Å². The molecule has 7 nitrogen and oxygen atoms in total. The minimum Gasteiger partial charge on any atom is -0.366 e. The summed E-state index contributed by atoms with van der Waals surface area (Å²) in [5.74, 6) is 1.83. The molecule has 206 valence electrons. The molecule has 2 aliphatic heterocycles. The fraction of sp³-hybridized carbons (Fsp3) is 0.452. The van der Waals surface area contributed by atoms with Gasteiger partial charge in [0.25, 0.3) is 0 Å². The van der Waals surface area contributed by atoms with Crippen LogP contribution in [0.15, 0.2) is 48.5 Å². The van der Waals surface area contributed by atoms with E-state index in [2.05, 4.69) is 37.1 Å². The van der Waals surface area contributed by atoms with E-state index in [9.17, 15) is 14.0 Å². The van der Waals surface area contributed by atoms with E-state index < -0.39 is 0 Å². The molecule has 0 bridgehead atoms. The number of carbonyl (C=O) groups excluding carboxylic acids is 2. The number of halogens is 1. The van der Waals surface area contributed by atoms with Crippen LogP contribution in [0.2, 0.25) is 0 Å². The van der Waals surface area contributed by atoms with E-state index in [1.807, 2.05) is 29.2 Å². The van der Waals surface area contributed by atoms with Gasteiger partial charge in [0, 0.05) is 63.2 Å². The number of amides is 2. The van der Waals surface area contributed by atoms with Crippen molar-refractivity contribution in [3.63, 3.8) is 0 Å². The standard InChI is InChI=1S/C31H38FN5O2/c1-21-16-22(2)20-37(19-21)29-17-23(3)25-18-24(8-9-27(25)34-29)33-30(38)10-11-31(39)36-14-12-35(13-15-36)28-7-5-4-6-26(28)32/h4-9,17-18,21-22H,10-16,19-20H2,1-3H3,(H,33,38)/t21-,22-/m1/s1. The predicted molar refractivity (Wildman–Crippen MR) is 155 cm³/mol. The molecule has 2 atom stereocenters. The SMILES string of the molecule is Cc1cc(N2C[C@H](C)C[C@@H](C)C2)nc2ccc(NC(=O)CCC(=O)N3CCN(c4ccccc4F)CC3)cc12. The van der Waals surface area contributed by atoms with Gasteiger partial charge in [0.05, 0.1) is 11.2 Å². The molecule has 0 unspecified atom stereocenters. The first-order chi connectivity index (χ1) is 18.8. The predicted octanol–water partition coefficient (Wildman–Crippen LogP) is 5.23. The number of aryl methyl sites for hydroxylation is 1. The van der Waals surface area contributed by atoms with Gasteiger partial charge < -0.3 is 20.0 Å². The van der Waals surface area contributed by atoms with Crippen LogP contribution < -0.4 is 15.1 Å². The highest BCUT2D eigenvalue weighted by molar-refractivity contribution is 5.96. The van der Waals surface area contributed by atoms with E-state index in [-0.39, 0.29) is 30.5 Å². The van der Waals surface area contributed by atoms with Crippen molar-refractivity contribution in [2.75, 3.05) is 54.4 Å². The number of rotatable bonds is 6. The maximum absolute atomic E-state index is 14.1. The lowest BCUT2D eigenvalue weighted by Gasteiger charge is -2.36. The Labute approximate surface area is 230 Å². The number of hydrogen-bond acceptors (Lipinski definition) is 5. The van der Waals surface area contributed by atoms with E-state index in [1.165, 1.54) is 12.5 Å². The lowest BCUT2D eigenvalue weighted by Crippen LogP contribution is -2.49. The molecule has 2 saturated heterocycles. The van der Waals surface area contributed by atoms with Crippen LogP contribution >= 0.6 is 0 Å². The van der Waals surface area contributed by atoms with Crippen molar-refractivity contribution in [3.8, 4) is 0 Å². The highest BCUT2D eigenvalue weighted by Gasteiger charge is 2.24. The smallest absolute Gasteiger partial charge is 0.224 e. The van der Waals surface area contributed by atoms with Gasteiger partial charge in [-0.25, -0.2) is 9.37 Å². The molecule has 2 aliphatic rings. The molecule has 0 saturated carbocycles. The molecule has 3 aromatic rings. The Hall–Kier alpha value is -3.68. The van der Waals surface area contributed by atoms with Gasteiger partial charge in [-0.05, 0) is 67.1 Å². The molecule has 0 aliphatic carbocycles. The van der Waals surface area contributed by atoms with Crippen molar-refractivity contribution >= 4 is 39.9 Å². The molecular weight excluding hydrogens is 493 g/mol. The zero-order valence-corrected chi connectivity index (χ0v) is 23.1. The molecule has 8 heteroatoms. The molecule has 5 rings (SSSR count). The first-order valence-electron chi connectivity index (χ1n) is 14.0. The van der Waals surface area contributed by atoms with Crippen LogP contribution in [0.3, 0.4) is 0 Å². The highest BCUT2D eigenvalue weighted by Crippen LogP contribution is 2.29. The Morgan fingerprint density at radius 2 is 1.67 bits per heavy atom. The number of pyridine rings is 1. The number of nitrogens with zero attached hydrogens (tertiary/aromatic N) is 4. The number of fused-ring (bicyclic) bond motifs is 1. The number of aromatic nitrogens is 1. The van der Waals surface area contributed by atoms with Gasteiger partial charge in [0.15, 0.2) is 0 Å². The van der Waals surface area contributed by atoms with Crippen LogP contribution in [0.4, 0.5) is 21.6 Å². The summed E-state index contributed by atoms with van der Waals surface area (Å²) in [5.41, 5.74) is 3.31. The molecule has 2 aromatic carbocycles. The van der Waals surface area contributed by atoms with Crippen molar-refractivity contribution in [2.45, 2.75) is 40.0 Å². The van der Waals surface area contributed by atoms with Crippen LogP contribution in [0.25, 0.3) is 10.9 Å². The van der Waals surface area contributed by atoms with Crippen LogP contribution in [-0.2, 0) is 9.59 Å². The van der Waals surface area contributed by atoms with Gasteiger partial charge in [0.1, 0.15) is 11.6 Å². The van der Waals surface area contributed by atoms with Crippen LogP contribution in [0.5, 0.6) is 0 Å². The number of carbonyl (C=O) groups is 2. The third-order valence-electron chi connectivity index (χ3n) is 7.87. The molecule has 1 aromatic heterocycles. The Morgan fingerprint density at radius 1 is 0.949 bits per heavy atom. The lowest BCUT2D eigenvalue weighted by atomic mass is 9.92. The Balaban J connectivity index is 1.14. The minimum atomic E-state index is -0.250. The zero-order chi connectivity index (χ0) is 27.5. The van der Waals surface area contributed by atoms with E-state index in [1.54, 1.807) is 17.0 Å². The number of benzene rings is 2. The Morgan fingerprint density at radius 3 is 2.38 bits per heavy atom. The molecule has 2 fully saturated rings. The van der Waals surface area contributed by atoms with Crippen LogP contribution in [0.1, 0.15) is 38.7 Å². The van der Waals surface area contributed by atoms with Crippen molar-refractivity contribution in [1.29, 1.82) is 0 Å². The average Bonchev–Trinajstić information content (AvgIpc) is 2.92. The lowest BCUT2D eigenvalue weighted by molar-refractivity contribution is -0.133. The summed E-state index contributed by atoms with van der Waals surface area (Å²) in [6, 6.07) is 14.6. The fourth-order valence-electron chi connectivity index (χ4n) is 5.97. The first-order valence-corrected chi connectivity index (χ1v) is 14.0. The number of piperazine rings is 1. The van der Waals surface area contributed by atoms with E-state index >= 15 is 0 Å². The molecular formula is C31H38FN5O2. The summed E-state index contributed by atoms with van der Waals surface area (Å²) in [4.78, 5) is 36.4. The second-order valence-electron chi connectivity index (χ2n) is 11.2. The van der Waals surface area contributed by atoms with E-state index in [0.717, 1.165) is 35.4 Å². The monoisotopic (exact) mass is 531 g/mol. The van der Waals surface area contributed by atoms with Gasteiger partial charge in [-0.2, -0.15) is 0 Å². The van der Waals surface area contributed by atoms with Crippen LogP contribution in [0, 0.1) is 24.6 Å². The van der Waals surface area contributed by atoms with E-state index in [0.29, 0.717) is 49.4 Å². The maximum atomic E-state index is 14.1. The van der Waals surface area contributed by atoms with Gasteiger partial charge >= 0.3 is 0 Å². The van der Waals surface area contributed by atoms with Gasteiger partial charge in [-0.15, -0.1) is 0 Å². The van der Waals surface area contributed by atoms with Gasteiger partial charge in [-0.1, -0.05) is 26.0 Å². The molecule has 2 amide bonds. The van der Waals surface area contributed by atoms with Crippen molar-refractivity contribution in [3.05, 3.63) is 59.9 Å². The van der Waals surface area contributed by atoms with Crippen molar-refractivity contribution in [2.24, 2.45) is 11.8 Å². The van der Waals surface area contributed by atoms with Crippen molar-refractivity contribution < 1.29 is 14.0 Å². The maximum Gasteiger partial charge on any atom is 0.224 e. The topological polar surface area (TPSA) is 68.8 Å². The number of para-hydroxylation sites is 1. The Kier molecular flexibility index (Phi) is 8.00. The van der Waals surface area contributed by atoms with Gasteiger partial charge in [0.2, 0.25) is 11.8 Å².